The van der Waals surface area contributed by atoms with E-state index in [9.17, 15) is 10.5 Å². The molecule has 0 saturated carbocycles. The maximum Gasteiger partial charge on any atom is 0.162 e. The molecule has 1 aromatic rings. The summed E-state index contributed by atoms with van der Waals surface area (Å²) in [4.78, 5) is 0. The zero-order valence-corrected chi connectivity index (χ0v) is 18.0. The van der Waals surface area contributed by atoms with Gasteiger partial charge in [-0.25, -0.2) is 0 Å². The fourth-order valence-corrected chi connectivity index (χ4v) is 3.66. The van der Waals surface area contributed by atoms with Crippen LogP contribution in [0.2, 0.25) is 0 Å². The molecule has 7 nitrogen and oxygen atoms in total. The van der Waals surface area contributed by atoms with Gasteiger partial charge in [-0.2, -0.15) is 34.0 Å². The second kappa shape index (κ2) is 15.3. The SMILES string of the molecule is N#Cc1cc2c(cc1C#N)OCCSCCOCCOCCOCCSCCO2. The van der Waals surface area contributed by atoms with Crippen LogP contribution in [0.3, 0.4) is 0 Å². The first-order valence-electron chi connectivity index (χ1n) is 9.47. The lowest BCUT2D eigenvalue weighted by Crippen LogP contribution is -2.11. The van der Waals surface area contributed by atoms with Gasteiger partial charge < -0.3 is 23.7 Å². The van der Waals surface area contributed by atoms with Crippen molar-refractivity contribution in [2.75, 3.05) is 75.9 Å². The Morgan fingerprint density at radius 1 is 0.586 bits per heavy atom. The highest BCUT2D eigenvalue weighted by Crippen LogP contribution is 2.31. The van der Waals surface area contributed by atoms with E-state index in [1.165, 1.54) is 0 Å². The van der Waals surface area contributed by atoms with Crippen molar-refractivity contribution >= 4 is 23.5 Å². The smallest absolute Gasteiger partial charge is 0.162 e. The molecule has 0 radical (unpaired) electrons. The van der Waals surface area contributed by atoms with Crippen LogP contribution in [0.25, 0.3) is 0 Å². The summed E-state index contributed by atoms with van der Waals surface area (Å²) in [7, 11) is 0. The van der Waals surface area contributed by atoms with Crippen LogP contribution in [0.5, 0.6) is 11.5 Å². The van der Waals surface area contributed by atoms with E-state index in [1.54, 1.807) is 35.7 Å². The molecule has 0 fully saturated rings. The largest absolute Gasteiger partial charge is 0.489 e. The van der Waals surface area contributed by atoms with E-state index < -0.39 is 0 Å². The fraction of sp³-hybridized carbons (Fsp3) is 0.600. The van der Waals surface area contributed by atoms with Crippen molar-refractivity contribution in [3.05, 3.63) is 23.3 Å². The van der Waals surface area contributed by atoms with E-state index in [1.807, 2.05) is 12.1 Å². The molecule has 0 saturated heterocycles. The summed E-state index contributed by atoms with van der Waals surface area (Å²) in [6.07, 6.45) is 0. The van der Waals surface area contributed by atoms with E-state index in [0.29, 0.717) is 64.4 Å². The Kier molecular flexibility index (Phi) is 12.4. The Bertz CT molecular complexity index is 634. The maximum atomic E-state index is 9.26. The highest BCUT2D eigenvalue weighted by Gasteiger charge is 2.12. The highest BCUT2D eigenvalue weighted by molar-refractivity contribution is 7.99. The number of hydrogen-bond donors (Lipinski definition) is 0. The van der Waals surface area contributed by atoms with Crippen LogP contribution < -0.4 is 9.47 Å². The second-order valence-electron chi connectivity index (χ2n) is 5.83. The quantitative estimate of drug-likeness (QED) is 0.606. The molecular weight excluding hydrogens is 412 g/mol. The van der Waals surface area contributed by atoms with Crippen LogP contribution in [-0.2, 0) is 14.2 Å². The van der Waals surface area contributed by atoms with Gasteiger partial charge in [-0.05, 0) is 0 Å². The standard InChI is InChI=1S/C20H26N2O5S2/c21-15-17-13-19-20(14-18(17)16-22)27-8-12-29-10-6-25-4-2-23-1-3-24-5-9-28-11-7-26-19/h13-14H,1-12H2. The Morgan fingerprint density at radius 3 is 1.38 bits per heavy atom. The molecule has 1 heterocycles. The molecule has 0 aliphatic carbocycles. The Balaban J connectivity index is 1.94. The van der Waals surface area contributed by atoms with E-state index in [4.69, 9.17) is 23.7 Å². The summed E-state index contributed by atoms with van der Waals surface area (Å²) in [5.41, 5.74) is 0.574. The highest BCUT2D eigenvalue weighted by atomic mass is 32.2. The number of nitrogens with zero attached hydrogens (tertiary/aromatic N) is 2. The number of nitriles is 2. The summed E-state index contributed by atoms with van der Waals surface area (Å²) in [5, 5.41) is 18.5. The van der Waals surface area contributed by atoms with Gasteiger partial charge in [0, 0.05) is 35.1 Å². The minimum atomic E-state index is 0.287. The number of benzene rings is 1. The molecule has 0 bridgehead atoms. The second-order valence-corrected chi connectivity index (χ2v) is 8.28. The summed E-state index contributed by atoms with van der Waals surface area (Å²) in [6, 6.07) is 7.24. The Labute approximate surface area is 180 Å². The van der Waals surface area contributed by atoms with Crippen LogP contribution in [0.15, 0.2) is 12.1 Å². The molecule has 1 aromatic carbocycles. The molecule has 29 heavy (non-hydrogen) atoms. The van der Waals surface area contributed by atoms with Crippen LogP contribution in [-0.4, -0.2) is 75.9 Å². The predicted molar refractivity (Wildman–Crippen MR) is 114 cm³/mol. The zero-order chi connectivity index (χ0) is 20.6. The summed E-state index contributed by atoms with van der Waals surface area (Å²) in [5.74, 6) is 4.29. The van der Waals surface area contributed by atoms with Gasteiger partial charge in [-0.15, -0.1) is 0 Å². The molecule has 0 amide bonds. The Morgan fingerprint density at radius 2 is 0.966 bits per heavy atom. The van der Waals surface area contributed by atoms with Gasteiger partial charge in [0.25, 0.3) is 0 Å². The fourth-order valence-electron chi connectivity index (χ4n) is 2.37. The molecule has 0 spiro atoms. The van der Waals surface area contributed by atoms with E-state index in [0.717, 1.165) is 23.0 Å². The molecule has 0 aromatic heterocycles. The lowest BCUT2D eigenvalue weighted by Gasteiger charge is -2.14. The minimum absolute atomic E-state index is 0.287. The minimum Gasteiger partial charge on any atom is -0.489 e. The lowest BCUT2D eigenvalue weighted by molar-refractivity contribution is 0.0205. The molecular formula is C20H26N2O5S2. The monoisotopic (exact) mass is 438 g/mol. The van der Waals surface area contributed by atoms with Crippen molar-refractivity contribution in [3.63, 3.8) is 0 Å². The zero-order valence-electron chi connectivity index (χ0n) is 16.4. The first-order chi connectivity index (χ1) is 14.3. The van der Waals surface area contributed by atoms with Gasteiger partial charge in [0.2, 0.25) is 0 Å². The van der Waals surface area contributed by atoms with Crippen LogP contribution in [0.1, 0.15) is 11.1 Å². The maximum absolute atomic E-state index is 9.26. The first-order valence-corrected chi connectivity index (χ1v) is 11.8. The van der Waals surface area contributed by atoms with Crippen molar-refractivity contribution in [3.8, 4) is 23.6 Å². The summed E-state index contributed by atoms with van der Waals surface area (Å²) in [6.45, 7) is 4.58. The first kappa shape index (κ1) is 23.7. The predicted octanol–water partition coefficient (Wildman–Crippen LogP) is 2.72. The molecule has 1 aliphatic heterocycles. The molecule has 0 unspecified atom stereocenters. The third-order valence-electron chi connectivity index (χ3n) is 3.78. The Hall–Kier alpha value is -1.62. The molecule has 0 atom stereocenters. The van der Waals surface area contributed by atoms with Crippen molar-refractivity contribution in [1.82, 2.24) is 0 Å². The average Bonchev–Trinajstić information content (AvgIpc) is 2.74. The van der Waals surface area contributed by atoms with E-state index >= 15 is 0 Å². The number of fused-ring (bicyclic) bond motifs is 1. The van der Waals surface area contributed by atoms with Crippen molar-refractivity contribution in [1.29, 1.82) is 10.5 Å². The number of ether oxygens (including phenoxy) is 5. The normalized spacial score (nSPS) is 18.6. The van der Waals surface area contributed by atoms with Crippen molar-refractivity contribution in [2.24, 2.45) is 0 Å². The van der Waals surface area contributed by atoms with E-state index in [-0.39, 0.29) is 11.1 Å². The molecule has 9 heteroatoms. The molecule has 2 rings (SSSR count). The summed E-state index contributed by atoms with van der Waals surface area (Å²) < 4.78 is 28.2. The average molecular weight is 439 g/mol. The van der Waals surface area contributed by atoms with Gasteiger partial charge in [-0.1, -0.05) is 0 Å². The lowest BCUT2D eigenvalue weighted by atomic mass is 10.1. The van der Waals surface area contributed by atoms with Gasteiger partial charge in [0.05, 0.1) is 64.0 Å². The topological polar surface area (TPSA) is 93.7 Å². The third kappa shape index (κ3) is 9.62. The van der Waals surface area contributed by atoms with E-state index in [2.05, 4.69) is 0 Å². The number of rotatable bonds is 0. The molecule has 0 N–H and O–H groups in total. The molecule has 158 valence electrons. The number of hydrogen-bond acceptors (Lipinski definition) is 9. The van der Waals surface area contributed by atoms with Gasteiger partial charge in [0.1, 0.15) is 12.1 Å². The van der Waals surface area contributed by atoms with Gasteiger partial charge >= 0.3 is 0 Å². The van der Waals surface area contributed by atoms with Crippen LogP contribution in [0.4, 0.5) is 0 Å². The third-order valence-corrected chi connectivity index (χ3v) is 5.60. The van der Waals surface area contributed by atoms with Gasteiger partial charge in [-0.3, -0.25) is 0 Å². The summed E-state index contributed by atoms with van der Waals surface area (Å²) >= 11 is 3.45. The number of thioether (sulfide) groups is 2. The van der Waals surface area contributed by atoms with Crippen LogP contribution >= 0.6 is 23.5 Å². The molecule has 1 aliphatic rings. The van der Waals surface area contributed by atoms with Crippen molar-refractivity contribution in [2.45, 2.75) is 0 Å². The van der Waals surface area contributed by atoms with Crippen molar-refractivity contribution < 1.29 is 23.7 Å². The van der Waals surface area contributed by atoms with Gasteiger partial charge in [0.15, 0.2) is 11.5 Å². The van der Waals surface area contributed by atoms with Crippen LogP contribution in [0, 0.1) is 22.7 Å².